The van der Waals surface area contributed by atoms with E-state index in [1.54, 1.807) is 52.0 Å². The number of nitrogens with zero attached hydrogens (tertiary/aromatic N) is 5. The van der Waals surface area contributed by atoms with Crippen LogP contribution in [0.3, 0.4) is 0 Å². The summed E-state index contributed by atoms with van der Waals surface area (Å²) in [5, 5.41) is 0.364. The Morgan fingerprint density at radius 1 is 0.976 bits per heavy atom. The highest BCUT2D eigenvalue weighted by molar-refractivity contribution is 6.32. The third kappa shape index (κ3) is 5.75. The van der Waals surface area contributed by atoms with Crippen molar-refractivity contribution in [1.82, 2.24) is 19.0 Å². The molecule has 1 fully saturated rings. The Kier molecular flexibility index (Phi) is 8.22. The molecular formula is C31H35ClFN5O3. The van der Waals surface area contributed by atoms with Crippen molar-refractivity contribution in [3.05, 3.63) is 82.4 Å². The molecule has 0 atom stereocenters. The smallest absolute Gasteiger partial charge is 0.332 e. The van der Waals surface area contributed by atoms with Crippen molar-refractivity contribution in [2.75, 3.05) is 51.9 Å². The fraction of sp³-hybridized carbons (Fsp3) is 0.355. The highest BCUT2D eigenvalue weighted by Crippen LogP contribution is 2.41. The number of pyridine rings is 1. The predicted molar refractivity (Wildman–Crippen MR) is 161 cm³/mol. The Morgan fingerprint density at radius 3 is 2.24 bits per heavy atom. The molecule has 0 unspecified atom stereocenters. The molecule has 4 aromatic rings. The maximum absolute atomic E-state index is 15.1. The second-order valence-corrected chi connectivity index (χ2v) is 11.3. The normalized spacial score (nSPS) is 14.5. The number of halogens is 2. The summed E-state index contributed by atoms with van der Waals surface area (Å²) in [5.41, 5.74) is 2.94. The average Bonchev–Trinajstić information content (AvgIpc) is 3.30. The van der Waals surface area contributed by atoms with Gasteiger partial charge in [-0.05, 0) is 61.4 Å². The number of methoxy groups -OCH3 is 2. The van der Waals surface area contributed by atoms with E-state index >= 15 is 4.39 Å². The van der Waals surface area contributed by atoms with E-state index in [2.05, 4.69) is 28.6 Å². The van der Waals surface area contributed by atoms with Crippen LogP contribution in [0.15, 0.2) is 65.8 Å². The molecule has 0 spiro atoms. The lowest BCUT2D eigenvalue weighted by Crippen LogP contribution is -2.56. The molecule has 0 bridgehead atoms. The molecule has 1 aliphatic rings. The van der Waals surface area contributed by atoms with Gasteiger partial charge in [0.05, 0.1) is 24.4 Å². The van der Waals surface area contributed by atoms with Crippen LogP contribution in [0.2, 0.25) is 5.02 Å². The molecule has 216 valence electrons. The van der Waals surface area contributed by atoms with E-state index in [4.69, 9.17) is 21.1 Å². The minimum Gasteiger partial charge on any atom is -0.495 e. The highest BCUT2D eigenvalue weighted by atomic mass is 35.5. The molecule has 0 saturated carbocycles. The van der Waals surface area contributed by atoms with E-state index in [-0.39, 0.29) is 11.2 Å². The summed E-state index contributed by atoms with van der Waals surface area (Å²) in [5.74, 6) is 0.957. The van der Waals surface area contributed by atoms with Crippen LogP contribution in [0.4, 0.5) is 10.2 Å². The molecule has 1 aliphatic heterocycles. The largest absolute Gasteiger partial charge is 0.495 e. The lowest BCUT2D eigenvalue weighted by Gasteiger charge is -2.44. The van der Waals surface area contributed by atoms with Crippen LogP contribution in [-0.2, 0) is 11.8 Å². The number of rotatable bonds is 8. The number of aromatic nitrogens is 3. The zero-order valence-corrected chi connectivity index (χ0v) is 24.8. The van der Waals surface area contributed by atoms with Gasteiger partial charge in [-0.15, -0.1) is 0 Å². The van der Waals surface area contributed by atoms with E-state index in [9.17, 15) is 4.79 Å². The molecule has 3 heterocycles. The van der Waals surface area contributed by atoms with Crippen molar-refractivity contribution >= 4 is 17.4 Å². The number of aryl methyl sites for hydroxylation is 1. The molecule has 0 radical (unpaired) electrons. The molecule has 5 rings (SSSR count). The number of anilines is 1. The molecule has 10 heteroatoms. The maximum atomic E-state index is 15.1. The van der Waals surface area contributed by atoms with E-state index in [0.29, 0.717) is 39.8 Å². The van der Waals surface area contributed by atoms with Crippen LogP contribution in [0.25, 0.3) is 27.9 Å². The van der Waals surface area contributed by atoms with Crippen molar-refractivity contribution in [2.45, 2.75) is 19.4 Å². The minimum absolute atomic E-state index is 0.0421. The Bertz CT molecular complexity index is 1610. The van der Waals surface area contributed by atoms with Crippen molar-refractivity contribution in [1.29, 1.82) is 0 Å². The van der Waals surface area contributed by atoms with Gasteiger partial charge in [-0.3, -0.25) is 9.47 Å². The third-order valence-electron chi connectivity index (χ3n) is 7.74. The molecule has 1 saturated heterocycles. The lowest BCUT2D eigenvalue weighted by atomic mass is 9.97. The fourth-order valence-electron chi connectivity index (χ4n) is 5.50. The second kappa shape index (κ2) is 11.7. The second-order valence-electron chi connectivity index (χ2n) is 10.9. The molecule has 2 aromatic carbocycles. The van der Waals surface area contributed by atoms with Gasteiger partial charge in [-0.25, -0.2) is 14.2 Å². The van der Waals surface area contributed by atoms with Gasteiger partial charge in [0.15, 0.2) is 0 Å². The van der Waals surface area contributed by atoms with E-state index < -0.39 is 5.82 Å². The first-order chi connectivity index (χ1) is 19.6. The molecule has 0 N–H and O–H groups in total. The Morgan fingerprint density at radius 2 is 1.66 bits per heavy atom. The SMILES string of the molecule is COCC(C)(C)N1CCN(c2cc(-c3cc(F)cc(-c4ccc(-n5ccn(C)c5=O)c(Cl)c4)c3OC)ccn2)CC1. The first kappa shape index (κ1) is 28.9. The molecule has 41 heavy (non-hydrogen) atoms. The van der Waals surface area contributed by atoms with Gasteiger partial charge >= 0.3 is 5.69 Å². The zero-order valence-electron chi connectivity index (χ0n) is 24.0. The number of ether oxygens (including phenoxy) is 2. The predicted octanol–water partition coefficient (Wildman–Crippen LogP) is 5.25. The quantitative estimate of drug-likeness (QED) is 0.284. The average molecular weight is 580 g/mol. The number of hydrogen-bond donors (Lipinski definition) is 0. The first-order valence-electron chi connectivity index (χ1n) is 13.5. The van der Waals surface area contributed by atoms with Gasteiger partial charge in [0.25, 0.3) is 0 Å². The lowest BCUT2D eigenvalue weighted by molar-refractivity contribution is 0.0301. The van der Waals surface area contributed by atoms with Crippen molar-refractivity contribution in [2.24, 2.45) is 7.05 Å². The molecule has 0 amide bonds. The summed E-state index contributed by atoms with van der Waals surface area (Å²) in [6, 6.07) is 12.0. The summed E-state index contributed by atoms with van der Waals surface area (Å²) in [4.78, 5) is 21.7. The Balaban J connectivity index is 1.46. The van der Waals surface area contributed by atoms with E-state index in [1.807, 2.05) is 18.2 Å². The van der Waals surface area contributed by atoms with Gasteiger partial charge in [-0.1, -0.05) is 17.7 Å². The summed E-state index contributed by atoms with van der Waals surface area (Å²) < 4.78 is 29.3. The van der Waals surface area contributed by atoms with Crippen LogP contribution in [0.1, 0.15) is 13.8 Å². The molecule has 2 aromatic heterocycles. The summed E-state index contributed by atoms with van der Waals surface area (Å²) >= 11 is 6.62. The standard InChI is InChI=1S/C31H35ClFN5O3/c1-31(2,20-40-4)37-13-11-36(12-14-37)28-17-22(8-9-34-28)25-19-23(33)18-24(29(25)41-5)21-6-7-27(26(32)16-21)38-15-10-35(3)30(38)39/h6-10,15-19H,11-14,20H2,1-5H3. The van der Waals surface area contributed by atoms with E-state index in [0.717, 1.165) is 37.6 Å². The molecule has 8 nitrogen and oxygen atoms in total. The first-order valence-corrected chi connectivity index (χ1v) is 13.9. The van der Waals surface area contributed by atoms with Crippen molar-refractivity contribution in [3.8, 4) is 33.7 Å². The maximum Gasteiger partial charge on any atom is 0.332 e. The van der Waals surface area contributed by atoms with Gasteiger partial charge in [0.2, 0.25) is 0 Å². The van der Waals surface area contributed by atoms with Crippen LogP contribution in [0, 0.1) is 5.82 Å². The molecular weight excluding hydrogens is 545 g/mol. The Labute approximate surface area is 244 Å². The monoisotopic (exact) mass is 579 g/mol. The summed E-state index contributed by atoms with van der Waals surface area (Å²) in [6.07, 6.45) is 5.07. The van der Waals surface area contributed by atoms with E-state index in [1.165, 1.54) is 21.3 Å². The minimum atomic E-state index is -0.400. The third-order valence-corrected chi connectivity index (χ3v) is 8.04. The van der Waals surface area contributed by atoms with Crippen LogP contribution in [-0.4, -0.2) is 71.6 Å². The molecule has 0 aliphatic carbocycles. The van der Waals surface area contributed by atoms with Gasteiger partial charge in [0, 0.05) is 75.6 Å². The van der Waals surface area contributed by atoms with Crippen LogP contribution in [0.5, 0.6) is 5.75 Å². The highest BCUT2D eigenvalue weighted by Gasteiger charge is 2.30. The van der Waals surface area contributed by atoms with Crippen molar-refractivity contribution < 1.29 is 13.9 Å². The number of hydrogen-bond acceptors (Lipinski definition) is 6. The number of benzene rings is 2. The van der Waals surface area contributed by atoms with Crippen LogP contribution < -0.4 is 15.3 Å². The fourth-order valence-corrected chi connectivity index (χ4v) is 5.78. The summed E-state index contributed by atoms with van der Waals surface area (Å²) in [7, 11) is 4.98. The van der Waals surface area contributed by atoms with Gasteiger partial charge in [0.1, 0.15) is 17.4 Å². The summed E-state index contributed by atoms with van der Waals surface area (Å²) in [6.45, 7) is 8.49. The topological polar surface area (TPSA) is 64.8 Å². The Hall–Kier alpha value is -3.66. The number of imidazole rings is 1. The van der Waals surface area contributed by atoms with Gasteiger partial charge in [-0.2, -0.15) is 0 Å². The van der Waals surface area contributed by atoms with Gasteiger partial charge < -0.3 is 18.9 Å². The zero-order chi connectivity index (χ0) is 29.3. The number of piperazine rings is 1. The van der Waals surface area contributed by atoms with Crippen molar-refractivity contribution in [3.63, 3.8) is 0 Å². The van der Waals surface area contributed by atoms with Crippen LogP contribution >= 0.6 is 11.6 Å².